The first-order valence-electron chi connectivity index (χ1n) is 8.53. The summed E-state index contributed by atoms with van der Waals surface area (Å²) in [4.78, 5) is 20.7. The molecule has 0 bridgehead atoms. The number of para-hydroxylation sites is 1. The van der Waals surface area contributed by atoms with E-state index in [-0.39, 0.29) is 5.91 Å². The fraction of sp³-hybridized carbons (Fsp3) is 0.316. The van der Waals surface area contributed by atoms with Crippen LogP contribution in [0.15, 0.2) is 48.2 Å². The predicted octanol–water partition coefficient (Wildman–Crippen LogP) is 4.49. The van der Waals surface area contributed by atoms with Gasteiger partial charge in [0.2, 0.25) is 5.95 Å². The van der Waals surface area contributed by atoms with Crippen molar-refractivity contribution >= 4 is 29.1 Å². The lowest BCUT2D eigenvalue weighted by Gasteiger charge is -2.13. The maximum absolute atomic E-state index is 12.3. The Morgan fingerprint density at radius 3 is 2.88 bits per heavy atom. The van der Waals surface area contributed by atoms with E-state index in [2.05, 4.69) is 26.7 Å². The number of carbonyl (C=O) groups excluding carboxylic acids is 1. The molecule has 1 aromatic heterocycles. The van der Waals surface area contributed by atoms with Crippen LogP contribution in [0.3, 0.4) is 0 Å². The molecule has 0 spiro atoms. The van der Waals surface area contributed by atoms with E-state index >= 15 is 0 Å². The maximum atomic E-state index is 12.3. The fourth-order valence-corrected chi connectivity index (χ4v) is 2.97. The zero-order chi connectivity index (χ0) is 17.5. The van der Waals surface area contributed by atoms with Crippen LogP contribution in [-0.2, 0) is 0 Å². The molecule has 0 atom stereocenters. The van der Waals surface area contributed by atoms with Crippen molar-refractivity contribution in [3.8, 4) is 0 Å². The molecule has 5 nitrogen and oxygen atoms in total. The van der Waals surface area contributed by atoms with Gasteiger partial charge in [0.05, 0.1) is 10.7 Å². The highest BCUT2D eigenvalue weighted by atomic mass is 35.5. The van der Waals surface area contributed by atoms with Crippen molar-refractivity contribution in [2.75, 3.05) is 11.9 Å². The number of halogens is 1. The summed E-state index contributed by atoms with van der Waals surface area (Å²) in [7, 11) is 0. The number of hydrogen-bond acceptors (Lipinski definition) is 4. The van der Waals surface area contributed by atoms with Crippen molar-refractivity contribution in [1.82, 2.24) is 15.3 Å². The summed E-state index contributed by atoms with van der Waals surface area (Å²) >= 11 is 6.12. The fourth-order valence-electron chi connectivity index (χ4n) is 2.79. The van der Waals surface area contributed by atoms with Gasteiger partial charge in [-0.2, -0.15) is 0 Å². The minimum Gasteiger partial charge on any atom is -0.350 e. The topological polar surface area (TPSA) is 66.9 Å². The van der Waals surface area contributed by atoms with Crippen LogP contribution < -0.4 is 10.6 Å². The molecule has 0 aliphatic heterocycles. The largest absolute Gasteiger partial charge is 0.350 e. The van der Waals surface area contributed by atoms with Gasteiger partial charge in [-0.05, 0) is 50.3 Å². The van der Waals surface area contributed by atoms with Gasteiger partial charge in [0.1, 0.15) is 5.69 Å². The number of anilines is 2. The molecule has 0 fully saturated rings. The van der Waals surface area contributed by atoms with Crippen LogP contribution in [0.25, 0.3) is 0 Å². The highest BCUT2D eigenvalue weighted by molar-refractivity contribution is 6.33. The zero-order valence-electron chi connectivity index (χ0n) is 14.0. The molecule has 0 unspecified atom stereocenters. The van der Waals surface area contributed by atoms with Crippen molar-refractivity contribution in [3.63, 3.8) is 0 Å². The Labute approximate surface area is 152 Å². The van der Waals surface area contributed by atoms with Crippen LogP contribution in [0, 0.1) is 0 Å². The molecule has 1 aliphatic carbocycles. The SMILES string of the molecule is O=C(NCCC1=CCCCC1)c1ccnc(Nc2ccccc2Cl)n1. The van der Waals surface area contributed by atoms with Crippen LogP contribution in [0.1, 0.15) is 42.6 Å². The molecule has 1 heterocycles. The molecule has 6 heteroatoms. The van der Waals surface area contributed by atoms with Crippen molar-refractivity contribution < 1.29 is 4.79 Å². The van der Waals surface area contributed by atoms with E-state index in [1.165, 1.54) is 18.4 Å². The predicted molar refractivity (Wildman–Crippen MR) is 100 cm³/mol. The first kappa shape index (κ1) is 17.4. The highest BCUT2D eigenvalue weighted by Crippen LogP contribution is 2.23. The molecule has 0 saturated heterocycles. The number of amides is 1. The second kappa shape index (κ2) is 8.62. The molecular weight excluding hydrogens is 336 g/mol. The molecule has 3 rings (SSSR count). The van der Waals surface area contributed by atoms with Gasteiger partial charge in [-0.25, -0.2) is 9.97 Å². The number of nitrogens with zero attached hydrogens (tertiary/aromatic N) is 2. The Balaban J connectivity index is 1.57. The van der Waals surface area contributed by atoms with Gasteiger partial charge in [0.25, 0.3) is 5.91 Å². The standard InChI is InChI=1S/C19H21ClN4O/c20-15-8-4-5-9-16(15)23-19-22-13-11-17(24-19)18(25)21-12-10-14-6-2-1-3-7-14/h4-6,8-9,11,13H,1-3,7,10,12H2,(H,21,25)(H,22,23,24). The third-order valence-corrected chi connectivity index (χ3v) is 4.45. The number of benzene rings is 1. The Bertz CT molecular complexity index is 776. The monoisotopic (exact) mass is 356 g/mol. The average molecular weight is 357 g/mol. The molecular formula is C19H21ClN4O. The normalized spacial score (nSPS) is 13.9. The molecule has 0 saturated carbocycles. The number of aromatic nitrogens is 2. The first-order valence-corrected chi connectivity index (χ1v) is 8.91. The lowest BCUT2D eigenvalue weighted by atomic mass is 9.97. The van der Waals surface area contributed by atoms with Crippen LogP contribution in [0.2, 0.25) is 5.02 Å². The molecule has 1 amide bonds. The second-order valence-electron chi connectivity index (χ2n) is 5.98. The van der Waals surface area contributed by atoms with Crippen molar-refractivity contribution in [1.29, 1.82) is 0 Å². The molecule has 0 radical (unpaired) electrons. The van der Waals surface area contributed by atoms with Gasteiger partial charge in [-0.3, -0.25) is 4.79 Å². The Morgan fingerprint density at radius 2 is 2.08 bits per heavy atom. The number of hydrogen-bond donors (Lipinski definition) is 2. The summed E-state index contributed by atoms with van der Waals surface area (Å²) in [6, 6.07) is 8.93. The summed E-state index contributed by atoms with van der Waals surface area (Å²) in [6.07, 6.45) is 9.60. The molecule has 1 aromatic carbocycles. The minimum atomic E-state index is -0.194. The lowest BCUT2D eigenvalue weighted by Crippen LogP contribution is -2.26. The van der Waals surface area contributed by atoms with E-state index in [0.29, 0.717) is 28.9 Å². The quantitative estimate of drug-likeness (QED) is 0.748. The van der Waals surface area contributed by atoms with E-state index < -0.39 is 0 Å². The lowest BCUT2D eigenvalue weighted by molar-refractivity contribution is 0.0949. The van der Waals surface area contributed by atoms with Gasteiger partial charge >= 0.3 is 0 Å². The first-order chi connectivity index (χ1) is 12.2. The van der Waals surface area contributed by atoms with E-state index in [9.17, 15) is 4.79 Å². The smallest absolute Gasteiger partial charge is 0.270 e. The molecule has 1 aliphatic rings. The molecule has 25 heavy (non-hydrogen) atoms. The Morgan fingerprint density at radius 1 is 1.20 bits per heavy atom. The summed E-state index contributed by atoms with van der Waals surface area (Å²) < 4.78 is 0. The summed E-state index contributed by atoms with van der Waals surface area (Å²) in [6.45, 7) is 0.627. The molecule has 2 aromatic rings. The van der Waals surface area contributed by atoms with Crippen molar-refractivity contribution in [2.45, 2.75) is 32.1 Å². The summed E-state index contributed by atoms with van der Waals surface area (Å²) in [5.74, 6) is 0.150. The van der Waals surface area contributed by atoms with Gasteiger partial charge < -0.3 is 10.6 Å². The molecule has 2 N–H and O–H groups in total. The van der Waals surface area contributed by atoms with Crippen LogP contribution >= 0.6 is 11.6 Å². The van der Waals surface area contributed by atoms with Crippen molar-refractivity contribution in [3.05, 3.63) is 58.9 Å². The van der Waals surface area contributed by atoms with Gasteiger partial charge in [-0.1, -0.05) is 35.4 Å². The second-order valence-corrected chi connectivity index (χ2v) is 6.39. The third-order valence-electron chi connectivity index (χ3n) is 4.13. The average Bonchev–Trinajstić information content (AvgIpc) is 2.65. The zero-order valence-corrected chi connectivity index (χ0v) is 14.7. The number of allylic oxidation sites excluding steroid dienone is 1. The van der Waals surface area contributed by atoms with Gasteiger partial charge in [0, 0.05) is 12.7 Å². The van der Waals surface area contributed by atoms with E-state index in [0.717, 1.165) is 19.3 Å². The maximum Gasteiger partial charge on any atom is 0.270 e. The van der Waals surface area contributed by atoms with Crippen molar-refractivity contribution in [2.24, 2.45) is 0 Å². The summed E-state index contributed by atoms with van der Waals surface area (Å²) in [5.41, 5.74) is 2.48. The number of carbonyl (C=O) groups is 1. The van der Waals surface area contributed by atoms with Gasteiger partial charge in [0.15, 0.2) is 0 Å². The Kier molecular flexibility index (Phi) is 6.01. The highest BCUT2D eigenvalue weighted by Gasteiger charge is 2.10. The molecule has 130 valence electrons. The van der Waals surface area contributed by atoms with Crippen LogP contribution in [0.4, 0.5) is 11.6 Å². The number of nitrogens with one attached hydrogen (secondary N) is 2. The van der Waals surface area contributed by atoms with Crippen LogP contribution in [0.5, 0.6) is 0 Å². The Hall–Kier alpha value is -2.40. The minimum absolute atomic E-state index is 0.194. The van der Waals surface area contributed by atoms with E-state index in [4.69, 9.17) is 11.6 Å². The van der Waals surface area contributed by atoms with E-state index in [1.54, 1.807) is 18.3 Å². The number of rotatable bonds is 6. The van der Waals surface area contributed by atoms with Crippen LogP contribution in [-0.4, -0.2) is 22.4 Å². The van der Waals surface area contributed by atoms with E-state index in [1.807, 2.05) is 18.2 Å². The summed E-state index contributed by atoms with van der Waals surface area (Å²) in [5, 5.41) is 6.53. The third kappa shape index (κ3) is 5.03. The van der Waals surface area contributed by atoms with Gasteiger partial charge in [-0.15, -0.1) is 0 Å².